The normalized spacial score (nSPS) is 12.3. The number of furan rings is 1. The molecule has 0 unspecified atom stereocenters. The fraction of sp³-hybridized carbons (Fsp3) is 0.188. The molecule has 1 aromatic carbocycles. The van der Waals surface area contributed by atoms with Crippen LogP contribution < -0.4 is 20.5 Å². The molecule has 25 heavy (non-hydrogen) atoms. The van der Waals surface area contributed by atoms with Crippen molar-refractivity contribution in [2.75, 3.05) is 6.79 Å². The first kappa shape index (κ1) is 15.1. The maximum absolute atomic E-state index is 12.0. The molecule has 3 aromatic rings. The Bertz CT molecular complexity index is 957. The maximum Gasteiger partial charge on any atom is 0.437 e. The van der Waals surface area contributed by atoms with Gasteiger partial charge in [0.1, 0.15) is 6.54 Å². The highest BCUT2D eigenvalue weighted by Crippen LogP contribution is 2.32. The van der Waals surface area contributed by atoms with Crippen LogP contribution in [-0.4, -0.2) is 22.5 Å². The van der Waals surface area contributed by atoms with Crippen molar-refractivity contribution in [1.82, 2.24) is 15.1 Å². The lowest BCUT2D eigenvalue weighted by molar-refractivity contribution is -0.122. The van der Waals surface area contributed by atoms with E-state index in [9.17, 15) is 9.59 Å². The summed E-state index contributed by atoms with van der Waals surface area (Å²) < 4.78 is 21.5. The van der Waals surface area contributed by atoms with Gasteiger partial charge < -0.3 is 23.6 Å². The van der Waals surface area contributed by atoms with E-state index in [2.05, 4.69) is 10.4 Å². The molecule has 0 saturated heterocycles. The molecule has 0 atom stereocenters. The van der Waals surface area contributed by atoms with Crippen molar-refractivity contribution in [3.8, 4) is 23.1 Å². The molecule has 128 valence electrons. The van der Waals surface area contributed by atoms with E-state index in [-0.39, 0.29) is 31.7 Å². The van der Waals surface area contributed by atoms with E-state index >= 15 is 0 Å². The van der Waals surface area contributed by atoms with Gasteiger partial charge in [0.25, 0.3) is 5.89 Å². The van der Waals surface area contributed by atoms with Gasteiger partial charge in [0, 0.05) is 6.54 Å². The average molecular weight is 343 g/mol. The second-order valence-corrected chi connectivity index (χ2v) is 5.27. The SMILES string of the molecule is O=C(Cn1nc(-c2ccco2)oc1=O)NCc1ccc2c(c1)OCO2. The molecule has 1 amide bonds. The number of hydrogen-bond acceptors (Lipinski definition) is 7. The van der Waals surface area contributed by atoms with Crippen LogP contribution in [0.3, 0.4) is 0 Å². The van der Waals surface area contributed by atoms with Crippen LogP contribution in [-0.2, 0) is 17.9 Å². The van der Waals surface area contributed by atoms with Gasteiger partial charge >= 0.3 is 5.76 Å². The number of hydrogen-bond donors (Lipinski definition) is 1. The number of nitrogens with one attached hydrogen (secondary N) is 1. The van der Waals surface area contributed by atoms with E-state index in [4.69, 9.17) is 18.3 Å². The number of amides is 1. The summed E-state index contributed by atoms with van der Waals surface area (Å²) >= 11 is 0. The number of fused-ring (bicyclic) bond motifs is 1. The van der Waals surface area contributed by atoms with E-state index in [1.807, 2.05) is 6.07 Å². The molecule has 1 aliphatic heterocycles. The molecule has 3 heterocycles. The first-order valence-electron chi connectivity index (χ1n) is 7.46. The summed E-state index contributed by atoms with van der Waals surface area (Å²) in [6.45, 7) is 0.221. The van der Waals surface area contributed by atoms with Gasteiger partial charge in [0.2, 0.25) is 12.7 Å². The van der Waals surface area contributed by atoms with Crippen molar-refractivity contribution >= 4 is 5.91 Å². The summed E-state index contributed by atoms with van der Waals surface area (Å²) in [7, 11) is 0. The third-order valence-electron chi connectivity index (χ3n) is 3.56. The minimum atomic E-state index is -0.732. The molecule has 9 heteroatoms. The first-order valence-corrected chi connectivity index (χ1v) is 7.46. The Morgan fingerprint density at radius 1 is 1.24 bits per heavy atom. The summed E-state index contributed by atoms with van der Waals surface area (Å²) in [5.74, 6) is 0.552. The molecule has 0 radical (unpaired) electrons. The van der Waals surface area contributed by atoms with Crippen LogP contribution >= 0.6 is 0 Å². The van der Waals surface area contributed by atoms with Gasteiger partial charge in [0.05, 0.1) is 6.26 Å². The number of benzene rings is 1. The summed E-state index contributed by atoms with van der Waals surface area (Å²) in [5.41, 5.74) is 0.848. The van der Waals surface area contributed by atoms with Crippen LogP contribution in [0.1, 0.15) is 5.56 Å². The molecule has 1 N–H and O–H groups in total. The highest BCUT2D eigenvalue weighted by atomic mass is 16.7. The number of nitrogens with zero attached hydrogens (tertiary/aromatic N) is 2. The van der Waals surface area contributed by atoms with Gasteiger partial charge in [-0.25, -0.2) is 4.79 Å². The Kier molecular flexibility index (Phi) is 3.73. The van der Waals surface area contributed by atoms with Gasteiger partial charge in [-0.15, -0.1) is 5.10 Å². The highest BCUT2D eigenvalue weighted by molar-refractivity contribution is 5.75. The average Bonchev–Trinajstić information content (AvgIpc) is 3.34. The fourth-order valence-corrected chi connectivity index (χ4v) is 2.35. The Morgan fingerprint density at radius 3 is 2.96 bits per heavy atom. The van der Waals surface area contributed by atoms with Crippen LogP contribution in [0.5, 0.6) is 11.5 Å². The summed E-state index contributed by atoms with van der Waals surface area (Å²) in [6.07, 6.45) is 1.44. The molecule has 2 aromatic heterocycles. The zero-order chi connectivity index (χ0) is 17.2. The molecule has 0 aliphatic carbocycles. The predicted octanol–water partition coefficient (Wildman–Crippen LogP) is 1.14. The summed E-state index contributed by atoms with van der Waals surface area (Å²) in [6, 6.07) is 8.65. The lowest BCUT2D eigenvalue weighted by atomic mass is 10.2. The second-order valence-electron chi connectivity index (χ2n) is 5.27. The third kappa shape index (κ3) is 3.11. The third-order valence-corrected chi connectivity index (χ3v) is 3.56. The van der Waals surface area contributed by atoms with Crippen LogP contribution in [0.25, 0.3) is 11.7 Å². The monoisotopic (exact) mass is 343 g/mol. The topological polar surface area (TPSA) is 109 Å². The van der Waals surface area contributed by atoms with E-state index in [0.29, 0.717) is 17.3 Å². The van der Waals surface area contributed by atoms with Crippen LogP contribution in [0.2, 0.25) is 0 Å². The fourth-order valence-electron chi connectivity index (χ4n) is 2.35. The second kappa shape index (κ2) is 6.19. The van der Waals surface area contributed by atoms with Gasteiger partial charge in [-0.2, -0.15) is 4.68 Å². The summed E-state index contributed by atoms with van der Waals surface area (Å²) in [4.78, 5) is 23.8. The van der Waals surface area contributed by atoms with Gasteiger partial charge in [-0.1, -0.05) is 6.07 Å². The van der Waals surface area contributed by atoms with Crippen LogP contribution in [0, 0.1) is 0 Å². The number of carbonyl (C=O) groups is 1. The van der Waals surface area contributed by atoms with Crippen molar-refractivity contribution in [1.29, 1.82) is 0 Å². The van der Waals surface area contributed by atoms with E-state index < -0.39 is 5.76 Å². The Morgan fingerprint density at radius 2 is 2.12 bits per heavy atom. The number of aromatic nitrogens is 2. The lowest BCUT2D eigenvalue weighted by Crippen LogP contribution is -2.31. The van der Waals surface area contributed by atoms with Gasteiger partial charge in [-0.05, 0) is 29.8 Å². The maximum atomic E-state index is 12.0. The minimum absolute atomic E-state index is 0.0265. The first-order chi connectivity index (χ1) is 12.2. The quantitative estimate of drug-likeness (QED) is 0.740. The molecule has 0 saturated carbocycles. The van der Waals surface area contributed by atoms with Crippen LogP contribution in [0.4, 0.5) is 0 Å². The summed E-state index contributed by atoms with van der Waals surface area (Å²) in [5, 5.41) is 6.65. The highest BCUT2D eigenvalue weighted by Gasteiger charge is 2.16. The minimum Gasteiger partial charge on any atom is -0.459 e. The van der Waals surface area contributed by atoms with E-state index in [1.165, 1.54) is 6.26 Å². The van der Waals surface area contributed by atoms with Crippen molar-refractivity contribution < 1.29 is 23.1 Å². The van der Waals surface area contributed by atoms with E-state index in [0.717, 1.165) is 10.2 Å². The molecule has 0 fully saturated rings. The van der Waals surface area contributed by atoms with Crippen molar-refractivity contribution in [3.63, 3.8) is 0 Å². The number of carbonyl (C=O) groups excluding carboxylic acids is 1. The molecule has 1 aliphatic rings. The molecular formula is C16H13N3O6. The number of ether oxygens (including phenoxy) is 2. The smallest absolute Gasteiger partial charge is 0.437 e. The Balaban J connectivity index is 1.38. The Labute approximate surface area is 140 Å². The lowest BCUT2D eigenvalue weighted by Gasteiger charge is -2.05. The van der Waals surface area contributed by atoms with Crippen LogP contribution in [0.15, 0.2) is 50.2 Å². The van der Waals surface area contributed by atoms with Crippen molar-refractivity contribution in [2.45, 2.75) is 13.1 Å². The zero-order valence-electron chi connectivity index (χ0n) is 12.9. The van der Waals surface area contributed by atoms with Crippen molar-refractivity contribution in [3.05, 3.63) is 52.7 Å². The standard InChI is InChI=1S/C16H13N3O6/c20-14(17-7-10-3-4-11-13(6-10)24-9-23-11)8-19-16(21)25-15(18-19)12-2-1-5-22-12/h1-6H,7-9H2,(H,17,20). The van der Waals surface area contributed by atoms with Crippen molar-refractivity contribution in [2.24, 2.45) is 0 Å². The van der Waals surface area contributed by atoms with Gasteiger partial charge in [0.15, 0.2) is 17.3 Å². The zero-order valence-corrected chi connectivity index (χ0v) is 12.9. The largest absolute Gasteiger partial charge is 0.459 e. The molecular weight excluding hydrogens is 330 g/mol. The molecule has 4 rings (SSSR count). The molecule has 0 bridgehead atoms. The predicted molar refractivity (Wildman–Crippen MR) is 82.9 cm³/mol. The Hall–Kier alpha value is -3.49. The molecule has 9 nitrogen and oxygen atoms in total. The van der Waals surface area contributed by atoms with Gasteiger partial charge in [-0.3, -0.25) is 4.79 Å². The number of rotatable bonds is 5. The van der Waals surface area contributed by atoms with E-state index in [1.54, 1.807) is 24.3 Å². The molecule has 0 spiro atoms.